The van der Waals surface area contributed by atoms with Gasteiger partial charge in [0, 0.05) is 35.9 Å². The highest BCUT2D eigenvalue weighted by Crippen LogP contribution is 2.24. The first-order valence-electron chi connectivity index (χ1n) is 7.56. The van der Waals surface area contributed by atoms with Crippen LogP contribution in [0.4, 0.5) is 5.69 Å². The van der Waals surface area contributed by atoms with E-state index in [9.17, 15) is 9.59 Å². The number of nitrogens with zero attached hydrogens (tertiary/aromatic N) is 1. The summed E-state index contributed by atoms with van der Waals surface area (Å²) < 4.78 is 0.868. The van der Waals surface area contributed by atoms with Crippen molar-refractivity contribution >= 4 is 45.8 Å². The number of hydrogen-bond donors (Lipinski definition) is 2. The van der Waals surface area contributed by atoms with Crippen LogP contribution in [0.1, 0.15) is 26.2 Å². The van der Waals surface area contributed by atoms with Crippen molar-refractivity contribution in [1.29, 1.82) is 0 Å². The maximum atomic E-state index is 12.3. The van der Waals surface area contributed by atoms with Crippen LogP contribution in [0, 0.1) is 5.92 Å². The van der Waals surface area contributed by atoms with Gasteiger partial charge in [0.2, 0.25) is 11.8 Å². The van der Waals surface area contributed by atoms with Gasteiger partial charge in [-0.1, -0.05) is 12.1 Å². The quantitative estimate of drug-likeness (QED) is 0.810. The molecule has 1 aliphatic rings. The second-order valence-corrected chi connectivity index (χ2v) is 6.66. The second-order valence-electron chi connectivity index (χ2n) is 5.81. The van der Waals surface area contributed by atoms with E-state index in [0.717, 1.165) is 10.2 Å². The molecule has 3 N–H and O–H groups in total. The Morgan fingerprint density at radius 3 is 2.52 bits per heavy atom. The van der Waals surface area contributed by atoms with Gasteiger partial charge < -0.3 is 16.0 Å². The highest BCUT2D eigenvalue weighted by molar-refractivity contribution is 9.10. The van der Waals surface area contributed by atoms with Crippen LogP contribution in [0.15, 0.2) is 28.7 Å². The number of halogens is 2. The molecule has 0 aliphatic carbocycles. The van der Waals surface area contributed by atoms with Gasteiger partial charge in [0.25, 0.3) is 0 Å². The molecule has 0 spiro atoms. The molecule has 5 nitrogen and oxygen atoms in total. The number of carbonyl (C=O) groups excluding carboxylic acids is 2. The smallest absolute Gasteiger partial charge is 0.227 e. The summed E-state index contributed by atoms with van der Waals surface area (Å²) in [5.41, 5.74) is 6.44. The largest absolute Gasteiger partial charge is 0.343 e. The Balaban J connectivity index is 0.00000264. The third-order valence-corrected chi connectivity index (χ3v) is 4.54. The number of anilines is 1. The van der Waals surface area contributed by atoms with Crippen molar-refractivity contribution in [2.75, 3.05) is 18.4 Å². The van der Waals surface area contributed by atoms with E-state index >= 15 is 0 Å². The molecule has 1 aliphatic heterocycles. The standard InChI is InChI=1S/C16H22BrN3O2.ClH/c1-11(18)10-15(21)20-8-6-12(7-9-20)16(22)19-14-5-3-2-4-13(14)17;/h2-5,11-12H,6-10,18H2,1H3,(H,19,22);1H. The zero-order valence-electron chi connectivity index (χ0n) is 13.1. The molecule has 2 rings (SSSR count). The summed E-state index contributed by atoms with van der Waals surface area (Å²) in [6, 6.07) is 7.43. The summed E-state index contributed by atoms with van der Waals surface area (Å²) in [6.45, 7) is 3.08. The lowest BCUT2D eigenvalue weighted by molar-refractivity contribution is -0.134. The van der Waals surface area contributed by atoms with Crippen LogP contribution in [0.3, 0.4) is 0 Å². The lowest BCUT2D eigenvalue weighted by atomic mass is 9.95. The Hall–Kier alpha value is -1.11. The van der Waals surface area contributed by atoms with Gasteiger partial charge in [-0.3, -0.25) is 9.59 Å². The molecule has 1 saturated heterocycles. The molecule has 0 saturated carbocycles. The first-order chi connectivity index (χ1) is 10.5. The van der Waals surface area contributed by atoms with E-state index in [-0.39, 0.29) is 36.2 Å². The molecule has 2 amide bonds. The van der Waals surface area contributed by atoms with Gasteiger partial charge in [-0.2, -0.15) is 0 Å². The molecule has 1 heterocycles. The third-order valence-electron chi connectivity index (χ3n) is 3.85. The Morgan fingerprint density at radius 2 is 1.96 bits per heavy atom. The fourth-order valence-corrected chi connectivity index (χ4v) is 2.98. The Kier molecular flexibility index (Phi) is 8.02. The van der Waals surface area contributed by atoms with Gasteiger partial charge in [-0.25, -0.2) is 0 Å². The number of rotatable bonds is 4. The van der Waals surface area contributed by atoms with Crippen LogP contribution in [-0.4, -0.2) is 35.8 Å². The van der Waals surface area contributed by atoms with E-state index in [1.807, 2.05) is 36.1 Å². The first-order valence-corrected chi connectivity index (χ1v) is 8.35. The van der Waals surface area contributed by atoms with Crippen LogP contribution in [0.5, 0.6) is 0 Å². The van der Waals surface area contributed by atoms with Gasteiger partial charge in [-0.05, 0) is 47.8 Å². The molecule has 1 aromatic carbocycles. The predicted octanol–water partition coefficient (Wildman–Crippen LogP) is 2.79. The van der Waals surface area contributed by atoms with Crippen LogP contribution in [0.2, 0.25) is 0 Å². The molecule has 128 valence electrons. The molecular weight excluding hydrogens is 382 g/mol. The summed E-state index contributed by atoms with van der Waals surface area (Å²) in [7, 11) is 0. The number of likely N-dealkylation sites (tertiary alicyclic amines) is 1. The minimum Gasteiger partial charge on any atom is -0.343 e. The zero-order valence-corrected chi connectivity index (χ0v) is 15.5. The molecule has 0 bridgehead atoms. The van der Waals surface area contributed by atoms with E-state index in [1.54, 1.807) is 0 Å². The number of benzene rings is 1. The summed E-state index contributed by atoms with van der Waals surface area (Å²) in [5.74, 6) is 0.0531. The third kappa shape index (κ3) is 5.79. The van der Waals surface area contributed by atoms with Crippen molar-refractivity contribution < 1.29 is 9.59 Å². The average Bonchev–Trinajstić information content (AvgIpc) is 2.49. The second kappa shape index (κ2) is 9.25. The topological polar surface area (TPSA) is 75.4 Å². The maximum absolute atomic E-state index is 12.3. The molecular formula is C16H23BrClN3O2. The monoisotopic (exact) mass is 403 g/mol. The zero-order chi connectivity index (χ0) is 16.1. The van der Waals surface area contributed by atoms with Crippen molar-refractivity contribution in [3.63, 3.8) is 0 Å². The lowest BCUT2D eigenvalue weighted by Crippen LogP contribution is -2.42. The van der Waals surface area contributed by atoms with E-state index in [1.165, 1.54) is 0 Å². The number of carbonyl (C=O) groups is 2. The van der Waals surface area contributed by atoms with Crippen molar-refractivity contribution in [3.05, 3.63) is 28.7 Å². The molecule has 7 heteroatoms. The number of piperidine rings is 1. The minimum absolute atomic E-state index is 0. The molecule has 0 radical (unpaired) electrons. The lowest BCUT2D eigenvalue weighted by Gasteiger charge is -2.31. The Labute approximate surface area is 151 Å². The average molecular weight is 405 g/mol. The van der Waals surface area contributed by atoms with Crippen LogP contribution < -0.4 is 11.1 Å². The summed E-state index contributed by atoms with van der Waals surface area (Å²) in [6.07, 6.45) is 1.76. The first kappa shape index (κ1) is 19.9. The number of para-hydroxylation sites is 1. The summed E-state index contributed by atoms with van der Waals surface area (Å²) >= 11 is 3.42. The summed E-state index contributed by atoms with van der Waals surface area (Å²) in [5, 5.41) is 2.95. The summed E-state index contributed by atoms with van der Waals surface area (Å²) in [4.78, 5) is 26.1. The SMILES string of the molecule is CC(N)CC(=O)N1CCC(C(=O)Nc2ccccc2Br)CC1.Cl. The number of nitrogens with one attached hydrogen (secondary N) is 1. The van der Waals surface area contributed by atoms with Gasteiger partial charge in [0.1, 0.15) is 0 Å². The predicted molar refractivity (Wildman–Crippen MR) is 97.6 cm³/mol. The Morgan fingerprint density at radius 1 is 1.35 bits per heavy atom. The molecule has 1 fully saturated rings. The fraction of sp³-hybridized carbons (Fsp3) is 0.500. The van der Waals surface area contributed by atoms with E-state index in [2.05, 4.69) is 21.2 Å². The molecule has 1 aromatic rings. The maximum Gasteiger partial charge on any atom is 0.227 e. The minimum atomic E-state index is -0.121. The van der Waals surface area contributed by atoms with Crippen molar-refractivity contribution in [2.24, 2.45) is 11.7 Å². The van der Waals surface area contributed by atoms with Gasteiger partial charge in [-0.15, -0.1) is 12.4 Å². The molecule has 23 heavy (non-hydrogen) atoms. The van der Waals surface area contributed by atoms with Gasteiger partial charge in [0.05, 0.1) is 5.69 Å². The number of amides is 2. The van der Waals surface area contributed by atoms with E-state index < -0.39 is 0 Å². The number of nitrogens with two attached hydrogens (primary N) is 1. The highest BCUT2D eigenvalue weighted by Gasteiger charge is 2.27. The fourth-order valence-electron chi connectivity index (χ4n) is 2.59. The van der Waals surface area contributed by atoms with Crippen LogP contribution in [0.25, 0.3) is 0 Å². The van der Waals surface area contributed by atoms with E-state index in [0.29, 0.717) is 32.4 Å². The number of hydrogen-bond acceptors (Lipinski definition) is 3. The van der Waals surface area contributed by atoms with Crippen LogP contribution >= 0.6 is 28.3 Å². The van der Waals surface area contributed by atoms with E-state index in [4.69, 9.17) is 5.73 Å². The molecule has 1 unspecified atom stereocenters. The Bertz CT molecular complexity index is 546. The normalized spacial score (nSPS) is 16.4. The van der Waals surface area contributed by atoms with Gasteiger partial charge in [0.15, 0.2) is 0 Å². The van der Waals surface area contributed by atoms with Crippen LogP contribution in [-0.2, 0) is 9.59 Å². The highest BCUT2D eigenvalue weighted by atomic mass is 79.9. The van der Waals surface area contributed by atoms with Gasteiger partial charge >= 0.3 is 0 Å². The molecule has 1 atom stereocenters. The van der Waals surface area contributed by atoms with Crippen molar-refractivity contribution in [2.45, 2.75) is 32.2 Å². The molecule has 0 aromatic heterocycles. The van der Waals surface area contributed by atoms with Crippen molar-refractivity contribution in [3.8, 4) is 0 Å². The van der Waals surface area contributed by atoms with Crippen molar-refractivity contribution in [1.82, 2.24) is 4.90 Å².